The Morgan fingerprint density at radius 3 is 2.89 bits per heavy atom. The second-order valence-corrected chi connectivity index (χ2v) is 5.04. The van der Waals surface area contributed by atoms with Crippen LogP contribution < -0.4 is 5.32 Å². The zero-order valence-corrected chi connectivity index (χ0v) is 11.9. The van der Waals surface area contributed by atoms with Crippen molar-refractivity contribution in [2.75, 3.05) is 38.8 Å². The molecule has 0 bridgehead atoms. The van der Waals surface area contributed by atoms with Crippen LogP contribution in [-0.2, 0) is 22.3 Å². The number of benzene rings is 1. The van der Waals surface area contributed by atoms with Crippen molar-refractivity contribution in [1.82, 2.24) is 0 Å². The fourth-order valence-corrected chi connectivity index (χ4v) is 2.59. The molecular weight excluding hydrogens is 238 g/mol. The van der Waals surface area contributed by atoms with Crippen LogP contribution in [-0.4, -0.2) is 33.5 Å². The number of hydrogen-bond donors (Lipinski definition) is 1. The maximum atomic E-state index is 5.46. The van der Waals surface area contributed by atoms with E-state index in [9.17, 15) is 0 Å². The van der Waals surface area contributed by atoms with Crippen molar-refractivity contribution in [1.29, 1.82) is 0 Å². The molecule has 19 heavy (non-hydrogen) atoms. The van der Waals surface area contributed by atoms with E-state index in [0.717, 1.165) is 19.6 Å². The summed E-state index contributed by atoms with van der Waals surface area (Å²) in [6.45, 7) is 3.14. The predicted octanol–water partition coefficient (Wildman–Crippen LogP) is 3.03. The Balaban J connectivity index is 1.71. The first-order valence-electron chi connectivity index (χ1n) is 7.33. The van der Waals surface area contributed by atoms with Crippen LogP contribution in [0.1, 0.15) is 30.4 Å². The van der Waals surface area contributed by atoms with Gasteiger partial charge in [0.15, 0.2) is 0 Å². The van der Waals surface area contributed by atoms with Gasteiger partial charge in [0, 0.05) is 25.9 Å². The molecule has 3 nitrogen and oxygen atoms in total. The molecule has 1 N–H and O–H groups in total. The van der Waals surface area contributed by atoms with Gasteiger partial charge in [0.1, 0.15) is 0 Å². The summed E-state index contributed by atoms with van der Waals surface area (Å²) in [5.41, 5.74) is 4.40. The third kappa shape index (κ3) is 4.51. The zero-order chi connectivity index (χ0) is 13.3. The van der Waals surface area contributed by atoms with E-state index in [0.29, 0.717) is 13.2 Å². The minimum atomic E-state index is 0.680. The molecule has 106 valence electrons. The second-order valence-electron chi connectivity index (χ2n) is 5.04. The van der Waals surface area contributed by atoms with E-state index in [1.807, 2.05) is 0 Å². The smallest absolute Gasteiger partial charge is 0.0700 e. The van der Waals surface area contributed by atoms with Gasteiger partial charge >= 0.3 is 0 Å². The Morgan fingerprint density at radius 2 is 2.00 bits per heavy atom. The number of fused-ring (bicyclic) bond motifs is 1. The van der Waals surface area contributed by atoms with Gasteiger partial charge in [0.2, 0.25) is 0 Å². The number of methoxy groups -OCH3 is 1. The van der Waals surface area contributed by atoms with Crippen molar-refractivity contribution in [2.24, 2.45) is 0 Å². The molecule has 0 radical (unpaired) electrons. The molecule has 0 saturated carbocycles. The first-order valence-corrected chi connectivity index (χ1v) is 7.33. The normalized spacial score (nSPS) is 14.2. The van der Waals surface area contributed by atoms with E-state index < -0.39 is 0 Å². The van der Waals surface area contributed by atoms with E-state index in [2.05, 4.69) is 23.5 Å². The SMILES string of the molecule is COCCOCCCNc1cccc2c1CCCC2. The minimum Gasteiger partial charge on any atom is -0.385 e. The average molecular weight is 263 g/mol. The summed E-state index contributed by atoms with van der Waals surface area (Å²) in [7, 11) is 1.70. The fourth-order valence-electron chi connectivity index (χ4n) is 2.59. The molecule has 1 aliphatic carbocycles. The summed E-state index contributed by atoms with van der Waals surface area (Å²) in [4.78, 5) is 0. The molecule has 0 heterocycles. The van der Waals surface area contributed by atoms with Gasteiger partial charge in [-0.05, 0) is 49.3 Å². The largest absolute Gasteiger partial charge is 0.385 e. The van der Waals surface area contributed by atoms with Crippen LogP contribution in [0.25, 0.3) is 0 Å². The monoisotopic (exact) mass is 263 g/mol. The Bertz CT molecular complexity index is 379. The quantitative estimate of drug-likeness (QED) is 0.731. The minimum absolute atomic E-state index is 0.680. The molecule has 1 aromatic carbocycles. The summed E-state index contributed by atoms with van der Waals surface area (Å²) >= 11 is 0. The van der Waals surface area contributed by atoms with E-state index >= 15 is 0 Å². The molecule has 0 amide bonds. The second kappa shape index (κ2) is 8.18. The third-order valence-corrected chi connectivity index (χ3v) is 3.61. The molecule has 0 fully saturated rings. The topological polar surface area (TPSA) is 30.5 Å². The maximum absolute atomic E-state index is 5.46. The van der Waals surface area contributed by atoms with E-state index in [4.69, 9.17) is 9.47 Å². The van der Waals surface area contributed by atoms with Crippen LogP contribution in [0, 0.1) is 0 Å². The van der Waals surface area contributed by atoms with Crippen molar-refractivity contribution in [3.8, 4) is 0 Å². The molecule has 0 spiro atoms. The molecule has 1 aromatic rings. The molecule has 0 atom stereocenters. The van der Waals surface area contributed by atoms with Gasteiger partial charge in [0.25, 0.3) is 0 Å². The first-order chi connectivity index (χ1) is 9.42. The standard InChI is InChI=1S/C16H25NO2/c1-18-12-13-19-11-5-10-17-16-9-4-7-14-6-2-3-8-15(14)16/h4,7,9,17H,2-3,5-6,8,10-13H2,1H3. The molecule has 0 aliphatic heterocycles. The van der Waals surface area contributed by atoms with E-state index in [1.54, 1.807) is 7.11 Å². The molecule has 2 rings (SSSR count). The number of hydrogen-bond acceptors (Lipinski definition) is 3. The summed E-state index contributed by atoms with van der Waals surface area (Å²) in [5, 5.41) is 3.55. The Morgan fingerprint density at radius 1 is 1.11 bits per heavy atom. The Kier molecular flexibility index (Phi) is 6.18. The predicted molar refractivity (Wildman–Crippen MR) is 78.9 cm³/mol. The van der Waals surface area contributed by atoms with Gasteiger partial charge in [-0.2, -0.15) is 0 Å². The first kappa shape index (κ1) is 14.4. The van der Waals surface area contributed by atoms with Crippen molar-refractivity contribution < 1.29 is 9.47 Å². The van der Waals surface area contributed by atoms with Crippen LogP contribution in [0.3, 0.4) is 0 Å². The average Bonchev–Trinajstić information content (AvgIpc) is 2.46. The lowest BCUT2D eigenvalue weighted by Gasteiger charge is -2.20. The van der Waals surface area contributed by atoms with Crippen molar-refractivity contribution in [2.45, 2.75) is 32.1 Å². The van der Waals surface area contributed by atoms with Crippen LogP contribution in [0.15, 0.2) is 18.2 Å². The van der Waals surface area contributed by atoms with Crippen molar-refractivity contribution in [3.05, 3.63) is 29.3 Å². The van der Waals surface area contributed by atoms with Gasteiger partial charge in [0.05, 0.1) is 13.2 Å². The van der Waals surface area contributed by atoms with Gasteiger partial charge in [-0.3, -0.25) is 0 Å². The lowest BCUT2D eigenvalue weighted by Crippen LogP contribution is -2.11. The lowest BCUT2D eigenvalue weighted by molar-refractivity contribution is 0.0705. The summed E-state index contributed by atoms with van der Waals surface area (Å²) < 4.78 is 10.4. The highest BCUT2D eigenvalue weighted by Crippen LogP contribution is 2.27. The third-order valence-electron chi connectivity index (χ3n) is 3.61. The van der Waals surface area contributed by atoms with Gasteiger partial charge in [-0.1, -0.05) is 12.1 Å². The molecule has 0 unspecified atom stereocenters. The molecule has 0 aromatic heterocycles. The highest BCUT2D eigenvalue weighted by atomic mass is 16.5. The Labute approximate surface area is 116 Å². The van der Waals surface area contributed by atoms with Gasteiger partial charge in [-0.25, -0.2) is 0 Å². The number of anilines is 1. The lowest BCUT2D eigenvalue weighted by atomic mass is 9.90. The summed E-state index contributed by atoms with van der Waals surface area (Å²) in [6, 6.07) is 6.64. The summed E-state index contributed by atoms with van der Waals surface area (Å²) in [6.07, 6.45) is 6.16. The molecule has 3 heteroatoms. The number of nitrogens with one attached hydrogen (secondary N) is 1. The van der Waals surface area contributed by atoms with E-state index in [1.165, 1.54) is 42.5 Å². The highest BCUT2D eigenvalue weighted by molar-refractivity contribution is 5.55. The molecule has 1 aliphatic rings. The maximum Gasteiger partial charge on any atom is 0.0700 e. The molecule has 0 saturated heterocycles. The Hall–Kier alpha value is -1.06. The highest BCUT2D eigenvalue weighted by Gasteiger charge is 2.12. The number of rotatable bonds is 8. The van der Waals surface area contributed by atoms with Crippen molar-refractivity contribution in [3.63, 3.8) is 0 Å². The number of ether oxygens (including phenoxy) is 2. The van der Waals surface area contributed by atoms with Crippen LogP contribution in [0.5, 0.6) is 0 Å². The van der Waals surface area contributed by atoms with Crippen molar-refractivity contribution >= 4 is 5.69 Å². The van der Waals surface area contributed by atoms with Crippen LogP contribution in [0.4, 0.5) is 5.69 Å². The molecular formula is C16H25NO2. The van der Waals surface area contributed by atoms with Crippen LogP contribution >= 0.6 is 0 Å². The van der Waals surface area contributed by atoms with Gasteiger partial charge < -0.3 is 14.8 Å². The van der Waals surface area contributed by atoms with E-state index in [-0.39, 0.29) is 0 Å². The van der Waals surface area contributed by atoms with Crippen LogP contribution in [0.2, 0.25) is 0 Å². The number of aryl methyl sites for hydroxylation is 1. The van der Waals surface area contributed by atoms with Gasteiger partial charge in [-0.15, -0.1) is 0 Å². The zero-order valence-electron chi connectivity index (χ0n) is 11.9. The summed E-state index contributed by atoms with van der Waals surface area (Å²) in [5.74, 6) is 0. The fraction of sp³-hybridized carbons (Fsp3) is 0.625.